The van der Waals surface area contributed by atoms with Gasteiger partial charge in [-0.05, 0) is 55.3 Å². The van der Waals surface area contributed by atoms with Gasteiger partial charge in [-0.3, -0.25) is 0 Å². The van der Waals surface area contributed by atoms with Gasteiger partial charge in [-0.2, -0.15) is 0 Å². The third-order valence-corrected chi connectivity index (χ3v) is 4.98. The summed E-state index contributed by atoms with van der Waals surface area (Å²) < 4.78 is 0. The van der Waals surface area contributed by atoms with Crippen molar-refractivity contribution in [3.63, 3.8) is 0 Å². The number of benzene rings is 1. The Morgan fingerprint density at radius 2 is 2.29 bits per heavy atom. The molecule has 2 aliphatic rings. The van der Waals surface area contributed by atoms with Gasteiger partial charge < -0.3 is 5.32 Å². The highest BCUT2D eigenvalue weighted by atomic mass is 32.2. The SMILES string of the molecule is CCNC(Cc1ccc2c(c1)CCS2)C1CC1. The van der Waals surface area contributed by atoms with E-state index < -0.39 is 0 Å². The Bertz CT molecular complexity index is 398. The van der Waals surface area contributed by atoms with Crippen LogP contribution in [-0.2, 0) is 12.8 Å². The number of rotatable bonds is 5. The molecular formula is C15H21NS. The Kier molecular flexibility index (Phi) is 3.44. The highest BCUT2D eigenvalue weighted by Crippen LogP contribution is 2.35. The lowest BCUT2D eigenvalue weighted by Gasteiger charge is -2.17. The third kappa shape index (κ3) is 2.69. The van der Waals surface area contributed by atoms with Crippen LogP contribution < -0.4 is 5.32 Å². The summed E-state index contributed by atoms with van der Waals surface area (Å²) in [6, 6.07) is 7.83. The maximum atomic E-state index is 3.66. The fraction of sp³-hybridized carbons (Fsp3) is 0.600. The van der Waals surface area contributed by atoms with Crippen molar-refractivity contribution in [3.05, 3.63) is 29.3 Å². The first-order valence-electron chi connectivity index (χ1n) is 6.85. The highest BCUT2D eigenvalue weighted by molar-refractivity contribution is 7.99. The first-order chi connectivity index (χ1) is 8.36. The minimum atomic E-state index is 0.715. The van der Waals surface area contributed by atoms with Gasteiger partial charge in [-0.1, -0.05) is 19.1 Å². The number of thioether (sulfide) groups is 1. The molecular weight excluding hydrogens is 226 g/mol. The van der Waals surface area contributed by atoms with E-state index in [1.807, 2.05) is 11.8 Å². The number of fused-ring (bicyclic) bond motifs is 1. The first-order valence-corrected chi connectivity index (χ1v) is 7.83. The molecule has 0 spiro atoms. The van der Waals surface area contributed by atoms with Gasteiger partial charge in [0, 0.05) is 16.7 Å². The third-order valence-electron chi connectivity index (χ3n) is 3.87. The molecule has 1 aromatic rings. The van der Waals surface area contributed by atoms with Gasteiger partial charge in [0.05, 0.1) is 0 Å². The molecule has 1 atom stereocenters. The molecule has 2 heteroatoms. The zero-order chi connectivity index (χ0) is 11.7. The molecule has 1 aromatic carbocycles. The molecule has 1 aliphatic heterocycles. The maximum absolute atomic E-state index is 3.66. The molecule has 1 nitrogen and oxygen atoms in total. The number of likely N-dealkylation sites (N-methyl/N-ethyl adjacent to an activating group) is 1. The fourth-order valence-electron chi connectivity index (χ4n) is 2.79. The van der Waals surface area contributed by atoms with E-state index in [9.17, 15) is 0 Å². The van der Waals surface area contributed by atoms with Gasteiger partial charge in [0.2, 0.25) is 0 Å². The second-order valence-electron chi connectivity index (χ2n) is 5.25. The fourth-order valence-corrected chi connectivity index (χ4v) is 3.84. The van der Waals surface area contributed by atoms with Crippen LogP contribution in [0.4, 0.5) is 0 Å². The number of aryl methyl sites for hydroxylation is 1. The Morgan fingerprint density at radius 1 is 1.41 bits per heavy atom. The summed E-state index contributed by atoms with van der Waals surface area (Å²) >= 11 is 2.01. The Labute approximate surface area is 108 Å². The summed E-state index contributed by atoms with van der Waals surface area (Å²) in [5.74, 6) is 2.22. The lowest BCUT2D eigenvalue weighted by molar-refractivity contribution is 0.472. The monoisotopic (exact) mass is 247 g/mol. The van der Waals surface area contributed by atoms with Crippen LogP contribution in [0.1, 0.15) is 30.9 Å². The van der Waals surface area contributed by atoms with Crippen LogP contribution in [0.15, 0.2) is 23.1 Å². The number of nitrogens with one attached hydrogen (secondary N) is 1. The van der Waals surface area contributed by atoms with Crippen molar-refractivity contribution in [3.8, 4) is 0 Å². The van der Waals surface area contributed by atoms with Gasteiger partial charge in [0.25, 0.3) is 0 Å². The number of hydrogen-bond donors (Lipinski definition) is 1. The molecule has 0 amide bonds. The van der Waals surface area contributed by atoms with E-state index >= 15 is 0 Å². The molecule has 0 aromatic heterocycles. The topological polar surface area (TPSA) is 12.0 Å². The van der Waals surface area contributed by atoms with Crippen molar-refractivity contribution in [1.29, 1.82) is 0 Å². The maximum Gasteiger partial charge on any atom is 0.0136 e. The van der Waals surface area contributed by atoms with Gasteiger partial charge in [0.1, 0.15) is 0 Å². The van der Waals surface area contributed by atoms with Gasteiger partial charge >= 0.3 is 0 Å². The smallest absolute Gasteiger partial charge is 0.0136 e. The average Bonchev–Trinajstić information content (AvgIpc) is 3.07. The van der Waals surface area contributed by atoms with Crippen LogP contribution in [0.2, 0.25) is 0 Å². The normalized spacial score (nSPS) is 20.3. The minimum Gasteiger partial charge on any atom is -0.314 e. The molecule has 17 heavy (non-hydrogen) atoms. The molecule has 1 saturated carbocycles. The zero-order valence-electron chi connectivity index (χ0n) is 10.5. The van der Waals surface area contributed by atoms with Crippen molar-refractivity contribution in [1.82, 2.24) is 5.32 Å². The lowest BCUT2D eigenvalue weighted by atomic mass is 9.99. The Balaban J connectivity index is 1.70. The molecule has 1 N–H and O–H groups in total. The van der Waals surface area contributed by atoms with E-state index in [1.54, 1.807) is 5.56 Å². The summed E-state index contributed by atoms with van der Waals surface area (Å²) in [5.41, 5.74) is 3.11. The van der Waals surface area contributed by atoms with Crippen molar-refractivity contribution in [2.45, 2.75) is 43.5 Å². The standard InChI is InChI=1S/C15H21NS/c1-2-16-14(12-4-5-12)10-11-3-6-15-13(9-11)7-8-17-15/h3,6,9,12,14,16H,2,4-5,7-8,10H2,1H3. The average molecular weight is 247 g/mol. The van der Waals surface area contributed by atoms with E-state index in [2.05, 4.69) is 30.4 Å². The van der Waals surface area contributed by atoms with Gasteiger partial charge in [0.15, 0.2) is 0 Å². The second-order valence-corrected chi connectivity index (χ2v) is 6.38. The summed E-state index contributed by atoms with van der Waals surface area (Å²) in [5, 5.41) is 3.66. The summed E-state index contributed by atoms with van der Waals surface area (Å²) in [4.78, 5) is 1.51. The summed E-state index contributed by atoms with van der Waals surface area (Å²) in [6.07, 6.45) is 5.34. The van der Waals surface area contributed by atoms with Crippen molar-refractivity contribution in [2.75, 3.05) is 12.3 Å². The molecule has 1 unspecified atom stereocenters. The van der Waals surface area contributed by atoms with Crippen LogP contribution >= 0.6 is 11.8 Å². The van der Waals surface area contributed by atoms with E-state index in [1.165, 1.54) is 41.9 Å². The van der Waals surface area contributed by atoms with Crippen molar-refractivity contribution < 1.29 is 0 Å². The number of hydrogen-bond acceptors (Lipinski definition) is 2. The minimum absolute atomic E-state index is 0.715. The second kappa shape index (κ2) is 5.03. The molecule has 0 radical (unpaired) electrons. The van der Waals surface area contributed by atoms with Crippen LogP contribution in [0.3, 0.4) is 0 Å². The Morgan fingerprint density at radius 3 is 3.06 bits per heavy atom. The molecule has 1 aliphatic carbocycles. The zero-order valence-corrected chi connectivity index (χ0v) is 11.4. The lowest BCUT2D eigenvalue weighted by Crippen LogP contribution is -2.32. The molecule has 92 valence electrons. The predicted molar refractivity (Wildman–Crippen MR) is 74.8 cm³/mol. The van der Waals surface area contributed by atoms with E-state index in [-0.39, 0.29) is 0 Å². The summed E-state index contributed by atoms with van der Waals surface area (Å²) in [6.45, 7) is 3.32. The van der Waals surface area contributed by atoms with E-state index in [4.69, 9.17) is 0 Å². The van der Waals surface area contributed by atoms with Crippen LogP contribution in [-0.4, -0.2) is 18.3 Å². The molecule has 1 heterocycles. The predicted octanol–water partition coefficient (Wildman–Crippen LogP) is 3.27. The van der Waals surface area contributed by atoms with Gasteiger partial charge in [-0.15, -0.1) is 11.8 Å². The van der Waals surface area contributed by atoms with Crippen LogP contribution in [0, 0.1) is 5.92 Å². The highest BCUT2D eigenvalue weighted by Gasteiger charge is 2.30. The quantitative estimate of drug-likeness (QED) is 0.857. The largest absolute Gasteiger partial charge is 0.314 e. The Hall–Kier alpha value is -0.470. The molecule has 0 saturated heterocycles. The molecule has 0 bridgehead atoms. The van der Waals surface area contributed by atoms with Crippen molar-refractivity contribution >= 4 is 11.8 Å². The first kappa shape index (κ1) is 11.6. The van der Waals surface area contributed by atoms with Crippen LogP contribution in [0.25, 0.3) is 0 Å². The summed E-state index contributed by atoms with van der Waals surface area (Å²) in [7, 11) is 0. The molecule has 3 rings (SSSR count). The van der Waals surface area contributed by atoms with Crippen molar-refractivity contribution in [2.24, 2.45) is 5.92 Å². The van der Waals surface area contributed by atoms with Crippen LogP contribution in [0.5, 0.6) is 0 Å². The van der Waals surface area contributed by atoms with E-state index in [0.29, 0.717) is 6.04 Å². The van der Waals surface area contributed by atoms with Gasteiger partial charge in [-0.25, -0.2) is 0 Å². The molecule has 1 fully saturated rings. The van der Waals surface area contributed by atoms with E-state index in [0.717, 1.165) is 12.5 Å².